The van der Waals surface area contributed by atoms with Crippen LogP contribution in [0.3, 0.4) is 0 Å². The largest absolute Gasteiger partial charge is 0.466 e. The van der Waals surface area contributed by atoms with Gasteiger partial charge in [0.15, 0.2) is 0 Å². The van der Waals surface area contributed by atoms with Gasteiger partial charge in [-0.05, 0) is 89.9 Å². The minimum absolute atomic E-state index is 0.00183. The monoisotopic (exact) mass is 1090 g/mol. The van der Waals surface area contributed by atoms with Crippen molar-refractivity contribution in [1.29, 1.82) is 0 Å². The number of nitrogens with one attached hydrogen (secondary N) is 1. The summed E-state index contributed by atoms with van der Waals surface area (Å²) in [6.07, 6.45) is 87.5. The number of aliphatic hydroxyl groups is 2. The molecular formula is C72H135NO5. The number of amides is 1. The number of carbonyl (C=O) groups is 2. The van der Waals surface area contributed by atoms with Gasteiger partial charge in [0.1, 0.15) is 0 Å². The van der Waals surface area contributed by atoms with E-state index < -0.39 is 12.1 Å². The summed E-state index contributed by atoms with van der Waals surface area (Å²) in [6, 6.07) is -0.638. The molecule has 0 radical (unpaired) electrons. The van der Waals surface area contributed by atoms with Crippen molar-refractivity contribution in [1.82, 2.24) is 5.32 Å². The third-order valence-corrected chi connectivity index (χ3v) is 16.1. The van der Waals surface area contributed by atoms with Gasteiger partial charge in [-0.25, -0.2) is 0 Å². The van der Waals surface area contributed by atoms with E-state index in [0.29, 0.717) is 19.4 Å². The molecule has 0 saturated heterocycles. The van der Waals surface area contributed by atoms with Gasteiger partial charge in [-0.2, -0.15) is 0 Å². The first-order valence-electron chi connectivity index (χ1n) is 34.9. The van der Waals surface area contributed by atoms with Crippen LogP contribution in [0.25, 0.3) is 0 Å². The van der Waals surface area contributed by atoms with Crippen LogP contribution in [0, 0.1) is 0 Å². The SMILES string of the molecule is CCCCCCC/C=C\CCCCCCCC(=O)OCCCCCCCCCCC/C=C\C/C=C\CCCCCCCCCC(=O)NC(CO)C(O)/C=C/CCCCCCCCCCCCCCCCCCCCCCCC. The molecule has 0 spiro atoms. The highest BCUT2D eigenvalue weighted by Gasteiger charge is 2.18. The van der Waals surface area contributed by atoms with Crippen molar-refractivity contribution in [3.05, 3.63) is 48.6 Å². The number of allylic oxidation sites excluding steroid dienone is 7. The zero-order chi connectivity index (χ0) is 56.4. The maximum atomic E-state index is 12.5. The average Bonchev–Trinajstić information content (AvgIpc) is 3.44. The fourth-order valence-electron chi connectivity index (χ4n) is 10.7. The molecule has 6 heteroatoms. The predicted octanol–water partition coefficient (Wildman–Crippen LogP) is 22.5. The van der Waals surface area contributed by atoms with Gasteiger partial charge in [0.2, 0.25) is 5.91 Å². The van der Waals surface area contributed by atoms with Gasteiger partial charge in [0.25, 0.3) is 0 Å². The molecule has 2 atom stereocenters. The molecule has 458 valence electrons. The van der Waals surface area contributed by atoms with Gasteiger partial charge < -0.3 is 20.3 Å². The minimum atomic E-state index is -0.854. The van der Waals surface area contributed by atoms with Crippen LogP contribution in [0.4, 0.5) is 0 Å². The Bertz CT molecular complexity index is 1310. The number of aliphatic hydroxyl groups excluding tert-OH is 2. The Hall–Kier alpha value is -2.18. The van der Waals surface area contributed by atoms with E-state index in [9.17, 15) is 19.8 Å². The maximum Gasteiger partial charge on any atom is 0.305 e. The Balaban J connectivity index is 3.48. The summed E-state index contributed by atoms with van der Waals surface area (Å²) in [7, 11) is 0. The number of rotatable bonds is 65. The summed E-state index contributed by atoms with van der Waals surface area (Å²) >= 11 is 0. The van der Waals surface area contributed by atoms with Crippen molar-refractivity contribution in [3.63, 3.8) is 0 Å². The third-order valence-electron chi connectivity index (χ3n) is 16.1. The highest BCUT2D eigenvalue weighted by atomic mass is 16.5. The number of esters is 1. The lowest BCUT2D eigenvalue weighted by atomic mass is 10.0. The minimum Gasteiger partial charge on any atom is -0.466 e. The molecule has 0 aliphatic carbocycles. The molecule has 3 N–H and O–H groups in total. The van der Waals surface area contributed by atoms with Crippen molar-refractivity contribution >= 4 is 11.9 Å². The molecule has 0 aromatic rings. The number of ether oxygens (including phenoxy) is 1. The normalized spacial score (nSPS) is 12.8. The van der Waals surface area contributed by atoms with E-state index in [2.05, 4.69) is 55.6 Å². The molecule has 0 saturated carbocycles. The summed E-state index contributed by atoms with van der Waals surface area (Å²) in [6.45, 7) is 4.91. The third kappa shape index (κ3) is 63.0. The number of hydrogen-bond donors (Lipinski definition) is 3. The fourth-order valence-corrected chi connectivity index (χ4v) is 10.7. The first kappa shape index (κ1) is 75.8. The summed E-state index contributed by atoms with van der Waals surface area (Å²) < 4.78 is 5.48. The Labute approximate surface area is 486 Å². The van der Waals surface area contributed by atoms with Crippen LogP contribution >= 0.6 is 0 Å². The fraction of sp³-hybridized carbons (Fsp3) is 0.861. The number of carbonyl (C=O) groups excluding carboxylic acids is 2. The molecule has 0 aromatic heterocycles. The molecule has 0 aromatic carbocycles. The lowest BCUT2D eigenvalue weighted by molar-refractivity contribution is -0.143. The molecule has 0 bridgehead atoms. The average molecular weight is 1090 g/mol. The summed E-state index contributed by atoms with van der Waals surface area (Å²) in [5.74, 6) is -0.0772. The summed E-state index contributed by atoms with van der Waals surface area (Å²) in [4.78, 5) is 24.6. The Morgan fingerprint density at radius 1 is 0.359 bits per heavy atom. The summed E-state index contributed by atoms with van der Waals surface area (Å²) in [5, 5.41) is 23.3. The lowest BCUT2D eigenvalue weighted by Gasteiger charge is -2.20. The molecule has 78 heavy (non-hydrogen) atoms. The van der Waals surface area contributed by atoms with E-state index >= 15 is 0 Å². The van der Waals surface area contributed by atoms with E-state index in [0.717, 1.165) is 64.2 Å². The van der Waals surface area contributed by atoms with Crippen LogP contribution in [0.2, 0.25) is 0 Å². The van der Waals surface area contributed by atoms with Gasteiger partial charge in [0.05, 0.1) is 25.4 Å². The second kappa shape index (κ2) is 67.3. The zero-order valence-corrected chi connectivity index (χ0v) is 52.4. The van der Waals surface area contributed by atoms with E-state index in [4.69, 9.17) is 4.74 Å². The van der Waals surface area contributed by atoms with Crippen LogP contribution in [0.5, 0.6) is 0 Å². The molecule has 1 amide bonds. The summed E-state index contributed by atoms with van der Waals surface area (Å²) in [5.41, 5.74) is 0. The molecule has 0 rings (SSSR count). The molecular weight excluding hydrogens is 959 g/mol. The van der Waals surface area contributed by atoms with E-state index in [-0.39, 0.29) is 18.5 Å². The van der Waals surface area contributed by atoms with E-state index in [1.165, 1.54) is 283 Å². The van der Waals surface area contributed by atoms with Gasteiger partial charge in [-0.15, -0.1) is 0 Å². The number of hydrogen-bond acceptors (Lipinski definition) is 5. The van der Waals surface area contributed by atoms with E-state index in [1.54, 1.807) is 6.08 Å². The first-order chi connectivity index (χ1) is 38.5. The Morgan fingerprint density at radius 3 is 0.987 bits per heavy atom. The first-order valence-corrected chi connectivity index (χ1v) is 34.9. The standard InChI is InChI=1S/C72H135NO5/c1-3-5-7-9-11-13-15-17-19-20-21-22-23-25-28-31-34-37-40-44-48-52-56-60-64-70(75)69(68-74)73-71(76)65-61-57-53-49-45-41-38-35-32-29-26-24-27-30-33-36-39-43-47-51-55-59-63-67-78-72(77)66-62-58-54-50-46-42-18-16-14-12-10-8-6-4-2/h16,18,24,27,29,32,60,64,69-70,74-75H,3-15,17,19-23,25-26,28,30-31,33-59,61-63,65-68H2,1-2H3,(H,73,76)/b18-16-,27-24-,32-29-,64-60+. The van der Waals surface area contributed by atoms with Crippen LogP contribution in [-0.2, 0) is 14.3 Å². The molecule has 2 unspecified atom stereocenters. The van der Waals surface area contributed by atoms with Crippen LogP contribution < -0.4 is 5.32 Å². The highest BCUT2D eigenvalue weighted by molar-refractivity contribution is 5.76. The van der Waals surface area contributed by atoms with Gasteiger partial charge >= 0.3 is 5.97 Å². The van der Waals surface area contributed by atoms with Crippen molar-refractivity contribution in [3.8, 4) is 0 Å². The molecule has 0 aliphatic heterocycles. The van der Waals surface area contributed by atoms with Crippen LogP contribution in [0.1, 0.15) is 373 Å². The van der Waals surface area contributed by atoms with Crippen LogP contribution in [0.15, 0.2) is 48.6 Å². The smallest absolute Gasteiger partial charge is 0.305 e. The van der Waals surface area contributed by atoms with Crippen molar-refractivity contribution in [2.75, 3.05) is 13.2 Å². The van der Waals surface area contributed by atoms with Gasteiger partial charge in [-0.1, -0.05) is 319 Å². The Kier molecular flexibility index (Phi) is 65.4. The van der Waals surface area contributed by atoms with Gasteiger partial charge in [0, 0.05) is 12.8 Å². The van der Waals surface area contributed by atoms with E-state index in [1.807, 2.05) is 6.08 Å². The second-order valence-corrected chi connectivity index (χ2v) is 23.9. The lowest BCUT2D eigenvalue weighted by Crippen LogP contribution is -2.45. The number of unbranched alkanes of at least 4 members (excludes halogenated alkanes) is 48. The van der Waals surface area contributed by atoms with Crippen LogP contribution in [-0.4, -0.2) is 47.4 Å². The quantitative estimate of drug-likeness (QED) is 0.0320. The maximum absolute atomic E-state index is 12.5. The Morgan fingerprint density at radius 2 is 0.641 bits per heavy atom. The second-order valence-electron chi connectivity index (χ2n) is 23.9. The molecule has 0 heterocycles. The van der Waals surface area contributed by atoms with Crippen molar-refractivity contribution in [2.45, 2.75) is 386 Å². The van der Waals surface area contributed by atoms with Gasteiger partial charge in [-0.3, -0.25) is 9.59 Å². The van der Waals surface area contributed by atoms with Crippen molar-refractivity contribution < 1.29 is 24.5 Å². The predicted molar refractivity (Wildman–Crippen MR) is 342 cm³/mol. The molecule has 0 fully saturated rings. The highest BCUT2D eigenvalue weighted by Crippen LogP contribution is 2.18. The van der Waals surface area contributed by atoms with Crippen molar-refractivity contribution in [2.24, 2.45) is 0 Å². The molecule has 6 nitrogen and oxygen atoms in total. The zero-order valence-electron chi connectivity index (χ0n) is 52.4. The molecule has 0 aliphatic rings. The topological polar surface area (TPSA) is 95.9 Å².